The van der Waals surface area contributed by atoms with Crippen molar-refractivity contribution in [3.05, 3.63) is 60.0 Å². The highest BCUT2D eigenvalue weighted by Crippen LogP contribution is 2.38. The lowest BCUT2D eigenvalue weighted by atomic mass is 9.97. The van der Waals surface area contributed by atoms with Gasteiger partial charge in [-0.2, -0.15) is 0 Å². The number of carbonyl (C=O) groups is 1. The zero-order chi connectivity index (χ0) is 28.5. The van der Waals surface area contributed by atoms with Gasteiger partial charge in [0, 0.05) is 29.9 Å². The summed E-state index contributed by atoms with van der Waals surface area (Å²) in [5, 5.41) is 0. The average molecular weight is 556 g/mol. The molecular formula is C28H34FN5O4S. The van der Waals surface area contributed by atoms with Gasteiger partial charge in [-0.1, -0.05) is 20.8 Å². The summed E-state index contributed by atoms with van der Waals surface area (Å²) >= 11 is 0. The van der Waals surface area contributed by atoms with E-state index in [0.717, 1.165) is 6.42 Å². The second-order valence-corrected chi connectivity index (χ2v) is 12.7. The molecular weight excluding hydrogens is 521 g/mol. The molecule has 0 saturated carbocycles. The average Bonchev–Trinajstić information content (AvgIpc) is 3.13. The van der Waals surface area contributed by atoms with Crippen LogP contribution in [0.3, 0.4) is 0 Å². The summed E-state index contributed by atoms with van der Waals surface area (Å²) in [6, 6.07) is 10.1. The van der Waals surface area contributed by atoms with E-state index in [2.05, 4.69) is 16.6 Å². The Bertz CT molecular complexity index is 1490. The first-order chi connectivity index (χ1) is 18.3. The number of aromatic nitrogens is 2. The molecule has 3 heterocycles. The van der Waals surface area contributed by atoms with Crippen LogP contribution in [0.5, 0.6) is 5.75 Å². The first-order valence-electron chi connectivity index (χ1n) is 12.8. The number of ether oxygens (including phenoxy) is 1. The van der Waals surface area contributed by atoms with Crippen LogP contribution >= 0.6 is 0 Å². The number of nitrogens with two attached hydrogens (primary N) is 1. The Kier molecular flexibility index (Phi) is 7.83. The van der Waals surface area contributed by atoms with Crippen LogP contribution in [-0.4, -0.2) is 43.0 Å². The molecule has 0 unspecified atom stereocenters. The number of nitrogen functional groups attached to an aromatic ring is 1. The highest BCUT2D eigenvalue weighted by molar-refractivity contribution is 7.90. The predicted molar refractivity (Wildman–Crippen MR) is 148 cm³/mol. The van der Waals surface area contributed by atoms with Gasteiger partial charge < -0.3 is 15.4 Å². The standard InChI is InChI=1S/C28H34FN5O4S/c1-17(2)16-38-21-12-19(11-20(29)13-21)23-9-8-22(26(32-23)34-15-18(3)14-28(34,4)5)27(35)33-39(36,37)24-7-6-10-31-25(24)30/h6-13,17-18H,14-16H2,1-5H3,(H2,30,31)(H,33,35)/t18-/m0/s1. The van der Waals surface area contributed by atoms with Crippen molar-refractivity contribution < 1.29 is 22.3 Å². The van der Waals surface area contributed by atoms with Crippen LogP contribution in [0.1, 0.15) is 51.4 Å². The van der Waals surface area contributed by atoms with Crippen molar-refractivity contribution in [1.29, 1.82) is 0 Å². The maximum absolute atomic E-state index is 14.5. The fraction of sp³-hybridized carbons (Fsp3) is 0.393. The number of hydrogen-bond donors (Lipinski definition) is 2. The van der Waals surface area contributed by atoms with E-state index < -0.39 is 21.7 Å². The quantitative estimate of drug-likeness (QED) is 0.411. The minimum Gasteiger partial charge on any atom is -0.493 e. The van der Waals surface area contributed by atoms with Crippen LogP contribution in [0, 0.1) is 17.7 Å². The summed E-state index contributed by atoms with van der Waals surface area (Å²) in [5.74, 6) is -0.304. The van der Waals surface area contributed by atoms with E-state index in [1.807, 2.05) is 32.6 Å². The molecule has 2 aromatic heterocycles. The van der Waals surface area contributed by atoms with E-state index >= 15 is 0 Å². The molecule has 0 aliphatic carbocycles. The SMILES string of the molecule is CC(C)COc1cc(F)cc(-c2ccc(C(=O)NS(=O)(=O)c3cccnc3N)c(N3C[C@@H](C)CC3(C)C)n2)c1. The largest absolute Gasteiger partial charge is 0.493 e. The Morgan fingerprint density at radius 3 is 2.64 bits per heavy atom. The van der Waals surface area contributed by atoms with Gasteiger partial charge in [-0.25, -0.2) is 27.5 Å². The van der Waals surface area contributed by atoms with Crippen LogP contribution in [0.2, 0.25) is 0 Å². The summed E-state index contributed by atoms with van der Waals surface area (Å²) < 4.78 is 48.3. The molecule has 4 rings (SSSR count). The number of pyridine rings is 2. The van der Waals surface area contributed by atoms with Crippen molar-refractivity contribution >= 4 is 27.6 Å². The molecule has 0 bridgehead atoms. The van der Waals surface area contributed by atoms with E-state index in [1.165, 1.54) is 36.5 Å². The molecule has 3 aromatic rings. The maximum Gasteiger partial charge on any atom is 0.268 e. The number of rotatable bonds is 8. The maximum atomic E-state index is 14.5. The third-order valence-corrected chi connectivity index (χ3v) is 7.89. The zero-order valence-corrected chi connectivity index (χ0v) is 23.5. The highest BCUT2D eigenvalue weighted by atomic mass is 32.2. The molecule has 9 nitrogen and oxygen atoms in total. The van der Waals surface area contributed by atoms with Gasteiger partial charge in [0.15, 0.2) is 0 Å². The second-order valence-electron chi connectivity index (χ2n) is 11.0. The number of sulfonamides is 1. The van der Waals surface area contributed by atoms with E-state index in [1.54, 1.807) is 12.1 Å². The van der Waals surface area contributed by atoms with E-state index in [-0.39, 0.29) is 27.7 Å². The fourth-order valence-corrected chi connectivity index (χ4v) is 5.92. The Hall–Kier alpha value is -3.73. The van der Waals surface area contributed by atoms with Crippen LogP contribution in [0.4, 0.5) is 16.0 Å². The predicted octanol–water partition coefficient (Wildman–Crippen LogP) is 4.64. The molecule has 1 aromatic carbocycles. The van der Waals surface area contributed by atoms with Crippen molar-refractivity contribution in [2.45, 2.75) is 51.5 Å². The van der Waals surface area contributed by atoms with E-state index in [0.29, 0.717) is 41.9 Å². The summed E-state index contributed by atoms with van der Waals surface area (Å²) in [5.41, 5.74) is 6.35. The number of halogens is 1. The monoisotopic (exact) mass is 555 g/mol. The zero-order valence-electron chi connectivity index (χ0n) is 22.7. The molecule has 1 amide bonds. The summed E-state index contributed by atoms with van der Waals surface area (Å²) in [4.78, 5) is 23.7. The van der Waals surface area contributed by atoms with Gasteiger partial charge in [0.1, 0.15) is 28.1 Å². The van der Waals surface area contributed by atoms with Crippen molar-refractivity contribution in [2.75, 3.05) is 23.8 Å². The van der Waals surface area contributed by atoms with Gasteiger partial charge >= 0.3 is 0 Å². The number of hydrogen-bond acceptors (Lipinski definition) is 8. The highest BCUT2D eigenvalue weighted by Gasteiger charge is 2.39. The minimum absolute atomic E-state index is 0.0691. The Morgan fingerprint density at radius 1 is 1.26 bits per heavy atom. The van der Waals surface area contributed by atoms with Gasteiger partial charge in [-0.3, -0.25) is 4.79 Å². The molecule has 1 aliphatic heterocycles. The number of nitrogens with one attached hydrogen (secondary N) is 1. The number of anilines is 2. The van der Waals surface area contributed by atoms with Crippen molar-refractivity contribution in [2.24, 2.45) is 11.8 Å². The normalized spacial score (nSPS) is 16.9. The lowest BCUT2D eigenvalue weighted by molar-refractivity contribution is 0.0981. The van der Waals surface area contributed by atoms with Gasteiger partial charge in [0.25, 0.3) is 15.9 Å². The number of carbonyl (C=O) groups excluding carboxylic acids is 1. The Balaban J connectivity index is 1.77. The van der Waals surface area contributed by atoms with Gasteiger partial charge in [0.2, 0.25) is 0 Å². The van der Waals surface area contributed by atoms with Crippen LogP contribution in [0.15, 0.2) is 53.6 Å². The molecule has 0 spiro atoms. The number of benzene rings is 1. The molecule has 1 fully saturated rings. The molecule has 11 heteroatoms. The van der Waals surface area contributed by atoms with Crippen LogP contribution < -0.4 is 20.1 Å². The summed E-state index contributed by atoms with van der Waals surface area (Å²) in [6.45, 7) is 11.2. The Labute approximate surface area is 228 Å². The fourth-order valence-electron chi connectivity index (χ4n) is 4.87. The van der Waals surface area contributed by atoms with Gasteiger partial charge in [-0.05, 0) is 68.5 Å². The third-order valence-electron chi connectivity index (χ3n) is 6.52. The first-order valence-corrected chi connectivity index (χ1v) is 14.3. The molecule has 0 radical (unpaired) electrons. The number of nitrogens with zero attached hydrogens (tertiary/aromatic N) is 3. The Morgan fingerprint density at radius 2 is 2.00 bits per heavy atom. The van der Waals surface area contributed by atoms with Crippen molar-refractivity contribution in [1.82, 2.24) is 14.7 Å². The minimum atomic E-state index is -4.30. The molecule has 1 atom stereocenters. The molecule has 39 heavy (non-hydrogen) atoms. The molecule has 208 valence electrons. The lowest BCUT2D eigenvalue weighted by Crippen LogP contribution is -2.41. The third kappa shape index (κ3) is 6.30. The lowest BCUT2D eigenvalue weighted by Gasteiger charge is -2.34. The topological polar surface area (TPSA) is 128 Å². The first kappa shape index (κ1) is 28.3. The van der Waals surface area contributed by atoms with Crippen LogP contribution in [-0.2, 0) is 10.0 Å². The van der Waals surface area contributed by atoms with Gasteiger partial charge in [-0.15, -0.1) is 0 Å². The van der Waals surface area contributed by atoms with E-state index in [4.69, 9.17) is 15.5 Å². The second kappa shape index (κ2) is 10.8. The molecule has 1 saturated heterocycles. The smallest absolute Gasteiger partial charge is 0.268 e. The number of amides is 1. The summed E-state index contributed by atoms with van der Waals surface area (Å²) in [6.07, 6.45) is 2.21. The van der Waals surface area contributed by atoms with Gasteiger partial charge in [0.05, 0.1) is 17.9 Å². The summed E-state index contributed by atoms with van der Waals surface area (Å²) in [7, 11) is -4.30. The van der Waals surface area contributed by atoms with Crippen molar-refractivity contribution in [3.63, 3.8) is 0 Å². The van der Waals surface area contributed by atoms with Crippen molar-refractivity contribution in [3.8, 4) is 17.0 Å². The van der Waals surface area contributed by atoms with E-state index in [9.17, 15) is 17.6 Å². The molecule has 3 N–H and O–H groups in total. The molecule has 1 aliphatic rings. The van der Waals surface area contributed by atoms with Crippen LogP contribution in [0.25, 0.3) is 11.3 Å².